The van der Waals surface area contributed by atoms with Gasteiger partial charge >= 0.3 is 0 Å². The molecule has 0 unspecified atom stereocenters. The van der Waals surface area contributed by atoms with E-state index in [2.05, 4.69) is 20.7 Å². The van der Waals surface area contributed by atoms with Crippen molar-refractivity contribution in [3.05, 3.63) is 10.9 Å². The zero-order valence-electron chi connectivity index (χ0n) is 10.9. The van der Waals surface area contributed by atoms with Gasteiger partial charge in [0.25, 0.3) is 0 Å². The van der Waals surface area contributed by atoms with Crippen molar-refractivity contribution in [1.29, 1.82) is 0 Å². The first-order chi connectivity index (χ1) is 9.57. The molecule has 0 aliphatic heterocycles. The number of anilines is 2. The summed E-state index contributed by atoms with van der Waals surface area (Å²) >= 11 is 1.47. The maximum absolute atomic E-state index is 9.38. The molecule has 110 valence electrons. The number of nitrogens with two attached hydrogens (primary N) is 1. The van der Waals surface area contributed by atoms with Crippen LogP contribution in [0.5, 0.6) is 0 Å². The first kappa shape index (κ1) is 14.9. The molecular weight excluding hydrogens is 282 g/mol. The summed E-state index contributed by atoms with van der Waals surface area (Å²) < 4.78 is 0. The Morgan fingerprint density at radius 3 is 2.45 bits per heavy atom. The fraction of sp³-hybridized carbons (Fsp3) is 0.455. The summed E-state index contributed by atoms with van der Waals surface area (Å²) in [5, 5.41) is 31.8. The molecule has 0 atom stereocenters. The van der Waals surface area contributed by atoms with Gasteiger partial charge in [0.1, 0.15) is 16.2 Å². The molecular formula is C11H17N5O3S. The highest BCUT2D eigenvalue weighted by Crippen LogP contribution is 2.30. The van der Waals surface area contributed by atoms with Crippen LogP contribution in [0.2, 0.25) is 0 Å². The Bertz CT molecular complexity index is 591. The molecule has 9 heteroatoms. The molecule has 0 spiro atoms. The number of hydrazine groups is 1. The average Bonchev–Trinajstić information content (AvgIpc) is 2.85. The summed E-state index contributed by atoms with van der Waals surface area (Å²) in [5.41, 5.74) is 1.10. The third-order valence-electron chi connectivity index (χ3n) is 2.94. The molecule has 7 N–H and O–H groups in total. The minimum atomic E-state index is -1.26. The number of nitrogens with zero attached hydrogens (tertiary/aromatic N) is 2. The summed E-state index contributed by atoms with van der Waals surface area (Å²) in [6.45, 7) is 0.600. The quantitative estimate of drug-likeness (QED) is 0.308. The minimum absolute atomic E-state index is 0.213. The van der Waals surface area contributed by atoms with Gasteiger partial charge < -0.3 is 20.6 Å². The summed E-state index contributed by atoms with van der Waals surface area (Å²) in [4.78, 5) is 10.2. The molecule has 0 fully saturated rings. The zero-order chi connectivity index (χ0) is 14.8. The second-order valence-corrected chi connectivity index (χ2v) is 5.73. The van der Waals surface area contributed by atoms with Crippen molar-refractivity contribution in [1.82, 2.24) is 9.97 Å². The van der Waals surface area contributed by atoms with Gasteiger partial charge in [-0.1, -0.05) is 0 Å². The van der Waals surface area contributed by atoms with Crippen LogP contribution in [-0.2, 0) is 0 Å². The van der Waals surface area contributed by atoms with Gasteiger partial charge in [0, 0.05) is 4.88 Å². The zero-order valence-corrected chi connectivity index (χ0v) is 11.7. The van der Waals surface area contributed by atoms with Crippen LogP contribution in [0.1, 0.15) is 4.88 Å². The van der Waals surface area contributed by atoms with Crippen molar-refractivity contribution in [3.63, 3.8) is 0 Å². The summed E-state index contributed by atoms with van der Waals surface area (Å²) in [5.74, 6) is 5.94. The van der Waals surface area contributed by atoms with E-state index in [1.165, 1.54) is 11.3 Å². The van der Waals surface area contributed by atoms with E-state index in [1.54, 1.807) is 0 Å². The lowest BCUT2D eigenvalue weighted by atomic mass is 10.0. The monoisotopic (exact) mass is 299 g/mol. The van der Waals surface area contributed by atoms with Gasteiger partial charge in [-0.15, -0.1) is 11.3 Å². The maximum Gasteiger partial charge on any atom is 0.240 e. The van der Waals surface area contributed by atoms with Crippen LogP contribution in [0.25, 0.3) is 10.2 Å². The minimum Gasteiger partial charge on any atom is -0.394 e. The highest BCUT2D eigenvalue weighted by Gasteiger charge is 2.29. The molecule has 0 amide bonds. The van der Waals surface area contributed by atoms with Crippen LogP contribution < -0.4 is 16.6 Å². The standard InChI is InChI=1S/C11H17N5O3S/c1-6-2-7-8(15-11(3-17,4-18)5-19)13-10(16-12)14-9(7)20-6/h2,17-19H,3-5,12H2,1H3,(H2,13,14,15,16). The Labute approximate surface area is 119 Å². The Hall–Kier alpha value is -1.52. The SMILES string of the molecule is Cc1cc2c(NC(CO)(CO)CO)nc(NN)nc2s1. The lowest BCUT2D eigenvalue weighted by Gasteiger charge is -2.29. The molecule has 0 saturated heterocycles. The fourth-order valence-electron chi connectivity index (χ4n) is 1.72. The molecule has 0 aliphatic carbocycles. The van der Waals surface area contributed by atoms with Gasteiger partial charge in [0.05, 0.1) is 25.2 Å². The van der Waals surface area contributed by atoms with E-state index < -0.39 is 25.4 Å². The van der Waals surface area contributed by atoms with E-state index >= 15 is 0 Å². The lowest BCUT2D eigenvalue weighted by Crippen LogP contribution is -2.49. The molecule has 0 radical (unpaired) electrons. The van der Waals surface area contributed by atoms with E-state index in [1.807, 2.05) is 13.0 Å². The molecule has 0 bridgehead atoms. The first-order valence-corrected chi connectivity index (χ1v) is 6.74. The van der Waals surface area contributed by atoms with E-state index in [9.17, 15) is 15.3 Å². The second-order valence-electron chi connectivity index (χ2n) is 4.50. The van der Waals surface area contributed by atoms with Crippen molar-refractivity contribution in [2.75, 3.05) is 30.6 Å². The largest absolute Gasteiger partial charge is 0.394 e. The van der Waals surface area contributed by atoms with Gasteiger partial charge in [-0.2, -0.15) is 4.98 Å². The van der Waals surface area contributed by atoms with Gasteiger partial charge in [-0.3, -0.25) is 5.43 Å². The third-order valence-corrected chi connectivity index (χ3v) is 3.88. The molecule has 2 rings (SSSR count). The molecule has 0 saturated carbocycles. The number of aliphatic hydroxyl groups is 3. The number of aryl methyl sites for hydroxylation is 1. The van der Waals surface area contributed by atoms with Crippen LogP contribution in [0, 0.1) is 6.92 Å². The van der Waals surface area contributed by atoms with E-state index in [0.717, 1.165) is 15.1 Å². The number of hydrogen-bond donors (Lipinski definition) is 6. The van der Waals surface area contributed by atoms with Crippen molar-refractivity contribution in [3.8, 4) is 0 Å². The predicted octanol–water partition coefficient (Wildman–Crippen LogP) is -0.587. The molecule has 2 aromatic heterocycles. The molecule has 2 aromatic rings. The highest BCUT2D eigenvalue weighted by atomic mass is 32.1. The predicted molar refractivity (Wildman–Crippen MR) is 77.6 cm³/mol. The Morgan fingerprint density at radius 2 is 1.90 bits per heavy atom. The van der Waals surface area contributed by atoms with Gasteiger partial charge in [-0.25, -0.2) is 10.8 Å². The highest BCUT2D eigenvalue weighted by molar-refractivity contribution is 7.18. The van der Waals surface area contributed by atoms with Crippen molar-refractivity contribution >= 4 is 33.3 Å². The number of nitrogens with one attached hydrogen (secondary N) is 2. The number of aromatic nitrogens is 2. The van der Waals surface area contributed by atoms with Gasteiger partial charge in [0.2, 0.25) is 5.95 Å². The Morgan fingerprint density at radius 1 is 1.25 bits per heavy atom. The number of aliphatic hydroxyl groups excluding tert-OH is 3. The molecule has 20 heavy (non-hydrogen) atoms. The van der Waals surface area contributed by atoms with E-state index in [0.29, 0.717) is 5.82 Å². The molecule has 2 heterocycles. The molecule has 0 aliphatic rings. The lowest BCUT2D eigenvalue weighted by molar-refractivity contribution is 0.0832. The fourth-order valence-corrected chi connectivity index (χ4v) is 2.60. The van der Waals surface area contributed by atoms with Crippen LogP contribution in [-0.4, -0.2) is 50.6 Å². The molecule has 0 aromatic carbocycles. The van der Waals surface area contributed by atoms with Crippen molar-refractivity contribution in [2.45, 2.75) is 12.5 Å². The third kappa shape index (κ3) is 2.67. The number of fused-ring (bicyclic) bond motifs is 1. The number of thiophene rings is 1. The Balaban J connectivity index is 2.51. The maximum atomic E-state index is 9.38. The molecule has 8 nitrogen and oxygen atoms in total. The summed E-state index contributed by atoms with van der Waals surface area (Å²) in [6.07, 6.45) is 0. The van der Waals surface area contributed by atoms with E-state index in [4.69, 9.17) is 5.84 Å². The van der Waals surface area contributed by atoms with Crippen LogP contribution in [0.3, 0.4) is 0 Å². The van der Waals surface area contributed by atoms with Gasteiger partial charge in [-0.05, 0) is 13.0 Å². The van der Waals surface area contributed by atoms with Crippen LogP contribution >= 0.6 is 11.3 Å². The normalized spacial score (nSPS) is 11.8. The number of rotatable bonds is 6. The smallest absolute Gasteiger partial charge is 0.240 e. The number of nitrogen functional groups attached to an aromatic ring is 1. The van der Waals surface area contributed by atoms with Gasteiger partial charge in [0.15, 0.2) is 0 Å². The summed E-state index contributed by atoms with van der Waals surface area (Å²) in [6, 6.07) is 1.89. The van der Waals surface area contributed by atoms with Crippen LogP contribution in [0.15, 0.2) is 6.07 Å². The van der Waals surface area contributed by atoms with E-state index in [-0.39, 0.29) is 5.95 Å². The number of hydrogen-bond acceptors (Lipinski definition) is 9. The van der Waals surface area contributed by atoms with Crippen LogP contribution in [0.4, 0.5) is 11.8 Å². The Kier molecular flexibility index (Phi) is 4.35. The van der Waals surface area contributed by atoms with Crippen molar-refractivity contribution in [2.24, 2.45) is 5.84 Å². The topological polar surface area (TPSA) is 137 Å². The first-order valence-electron chi connectivity index (χ1n) is 5.93. The van der Waals surface area contributed by atoms with Crippen molar-refractivity contribution < 1.29 is 15.3 Å². The summed E-state index contributed by atoms with van der Waals surface area (Å²) in [7, 11) is 0. The average molecular weight is 299 g/mol. The second kappa shape index (κ2) is 5.85.